The van der Waals surface area contributed by atoms with E-state index >= 15 is 0 Å². The number of halogens is 2. The van der Waals surface area contributed by atoms with Gasteiger partial charge in [0.05, 0.1) is 10.0 Å². The van der Waals surface area contributed by atoms with Crippen LogP contribution in [0, 0.1) is 0 Å². The van der Waals surface area contributed by atoms with Crippen molar-refractivity contribution >= 4 is 23.2 Å². The Balaban J connectivity index is 2.06. The lowest BCUT2D eigenvalue weighted by Gasteiger charge is -2.15. The third kappa shape index (κ3) is 4.34. The Bertz CT molecular complexity index is 605. The molecule has 112 valence electrons. The van der Waals surface area contributed by atoms with Crippen LogP contribution in [-0.4, -0.2) is 11.5 Å². The monoisotopic (exact) mass is 324 g/mol. The zero-order valence-electron chi connectivity index (χ0n) is 12.1. The van der Waals surface area contributed by atoms with E-state index in [9.17, 15) is 0 Å². The predicted molar refractivity (Wildman–Crippen MR) is 87.1 cm³/mol. The van der Waals surface area contributed by atoms with Crippen LogP contribution in [0.2, 0.25) is 10.0 Å². The summed E-state index contributed by atoms with van der Waals surface area (Å²) in [5.41, 5.74) is 2.02. The van der Waals surface area contributed by atoms with Gasteiger partial charge in [-0.3, -0.25) is 4.98 Å². The van der Waals surface area contributed by atoms with Crippen molar-refractivity contribution in [1.82, 2.24) is 10.3 Å². The van der Waals surface area contributed by atoms with Crippen LogP contribution < -0.4 is 10.1 Å². The number of hydrogen-bond acceptors (Lipinski definition) is 3. The predicted octanol–water partition coefficient (Wildman–Crippen LogP) is 4.64. The minimum Gasteiger partial charge on any atom is -0.487 e. The molecular weight excluding hydrogens is 307 g/mol. The largest absolute Gasteiger partial charge is 0.487 e. The van der Waals surface area contributed by atoms with Crippen molar-refractivity contribution in [3.8, 4) is 5.75 Å². The van der Waals surface area contributed by atoms with Gasteiger partial charge >= 0.3 is 0 Å². The summed E-state index contributed by atoms with van der Waals surface area (Å²) in [7, 11) is 0. The van der Waals surface area contributed by atoms with Crippen molar-refractivity contribution < 1.29 is 4.74 Å². The number of ether oxygens (including phenoxy) is 1. The van der Waals surface area contributed by atoms with Crippen LogP contribution in [0.3, 0.4) is 0 Å². The molecule has 1 unspecified atom stereocenters. The van der Waals surface area contributed by atoms with Gasteiger partial charge in [0, 0.05) is 24.0 Å². The number of pyridine rings is 1. The first-order valence-electron chi connectivity index (χ1n) is 6.85. The lowest BCUT2D eigenvalue weighted by Crippen LogP contribution is -2.17. The molecule has 3 nitrogen and oxygen atoms in total. The molecule has 0 spiro atoms. The molecule has 2 rings (SSSR count). The summed E-state index contributed by atoms with van der Waals surface area (Å²) in [4.78, 5) is 3.95. The Morgan fingerprint density at radius 3 is 2.71 bits per heavy atom. The maximum Gasteiger partial charge on any atom is 0.138 e. The van der Waals surface area contributed by atoms with Crippen LogP contribution in [0.4, 0.5) is 0 Å². The summed E-state index contributed by atoms with van der Waals surface area (Å²) in [6, 6.07) is 7.93. The molecule has 1 aromatic heterocycles. The second kappa shape index (κ2) is 7.64. The molecule has 0 saturated heterocycles. The van der Waals surface area contributed by atoms with Gasteiger partial charge in [-0.2, -0.15) is 0 Å². The molecular formula is C16H18Cl2N2O. The highest BCUT2D eigenvalue weighted by Gasteiger charge is 2.09. The van der Waals surface area contributed by atoms with Gasteiger partial charge in [-0.25, -0.2) is 0 Å². The van der Waals surface area contributed by atoms with Gasteiger partial charge < -0.3 is 10.1 Å². The van der Waals surface area contributed by atoms with E-state index in [1.165, 1.54) is 0 Å². The summed E-state index contributed by atoms with van der Waals surface area (Å²) in [6.07, 6.45) is 3.29. The van der Waals surface area contributed by atoms with Crippen LogP contribution in [0.5, 0.6) is 5.75 Å². The summed E-state index contributed by atoms with van der Waals surface area (Å²) >= 11 is 12.3. The van der Waals surface area contributed by atoms with E-state index < -0.39 is 0 Å². The van der Waals surface area contributed by atoms with E-state index in [2.05, 4.69) is 24.1 Å². The first-order valence-corrected chi connectivity index (χ1v) is 7.61. The summed E-state index contributed by atoms with van der Waals surface area (Å²) in [5, 5.41) is 4.54. The molecule has 0 amide bonds. The molecule has 21 heavy (non-hydrogen) atoms. The van der Waals surface area contributed by atoms with Gasteiger partial charge in [0.1, 0.15) is 12.4 Å². The van der Waals surface area contributed by atoms with Crippen molar-refractivity contribution in [1.29, 1.82) is 0 Å². The molecule has 1 heterocycles. The van der Waals surface area contributed by atoms with E-state index in [-0.39, 0.29) is 6.04 Å². The molecule has 0 aliphatic rings. The lowest BCUT2D eigenvalue weighted by atomic mass is 10.1. The average molecular weight is 325 g/mol. The molecule has 0 radical (unpaired) electrons. The van der Waals surface area contributed by atoms with Crippen molar-refractivity contribution in [2.45, 2.75) is 26.5 Å². The van der Waals surface area contributed by atoms with Crippen LogP contribution in [0.15, 0.2) is 36.7 Å². The minimum absolute atomic E-state index is 0.260. The molecule has 1 atom stereocenters. The van der Waals surface area contributed by atoms with Crippen LogP contribution in [-0.2, 0) is 6.61 Å². The maximum absolute atomic E-state index is 6.28. The van der Waals surface area contributed by atoms with Gasteiger partial charge in [0.2, 0.25) is 0 Å². The number of hydrogen-bond donors (Lipinski definition) is 1. The van der Waals surface area contributed by atoms with Gasteiger partial charge in [0.25, 0.3) is 0 Å². The van der Waals surface area contributed by atoms with Gasteiger partial charge in [0.15, 0.2) is 0 Å². The molecule has 0 fully saturated rings. The molecule has 5 heteroatoms. The molecule has 1 aromatic carbocycles. The van der Waals surface area contributed by atoms with Crippen LogP contribution >= 0.6 is 23.2 Å². The quantitative estimate of drug-likeness (QED) is 0.840. The number of benzene rings is 1. The fraction of sp³-hybridized carbons (Fsp3) is 0.312. The fourth-order valence-electron chi connectivity index (χ4n) is 2.00. The van der Waals surface area contributed by atoms with Gasteiger partial charge in [-0.1, -0.05) is 36.2 Å². The topological polar surface area (TPSA) is 34.1 Å². The standard InChI is InChI=1S/C16H18Cl2N2O/c1-3-20-11(2)12-4-5-16(14(17)8-12)21-10-13-6-7-19-9-15(13)18/h4-9,11,20H,3,10H2,1-2H3. The Hall–Kier alpha value is -1.29. The van der Waals surface area contributed by atoms with E-state index in [4.69, 9.17) is 27.9 Å². The zero-order valence-corrected chi connectivity index (χ0v) is 13.6. The normalized spacial score (nSPS) is 12.2. The van der Waals surface area contributed by atoms with Gasteiger partial charge in [-0.15, -0.1) is 0 Å². The van der Waals surface area contributed by atoms with Crippen molar-refractivity contribution in [2.24, 2.45) is 0 Å². The zero-order chi connectivity index (χ0) is 15.2. The SMILES string of the molecule is CCNC(C)c1ccc(OCc2ccncc2Cl)c(Cl)c1. The third-order valence-electron chi connectivity index (χ3n) is 3.21. The number of aromatic nitrogens is 1. The second-order valence-corrected chi connectivity index (χ2v) is 5.54. The first kappa shape index (κ1) is 16.1. The summed E-state index contributed by atoms with van der Waals surface area (Å²) < 4.78 is 5.73. The molecule has 0 bridgehead atoms. The fourth-order valence-corrected chi connectivity index (χ4v) is 2.42. The molecule has 0 aliphatic heterocycles. The highest BCUT2D eigenvalue weighted by Crippen LogP contribution is 2.29. The van der Waals surface area contributed by atoms with Gasteiger partial charge in [-0.05, 0) is 37.2 Å². The third-order valence-corrected chi connectivity index (χ3v) is 3.84. The lowest BCUT2D eigenvalue weighted by molar-refractivity contribution is 0.306. The number of nitrogens with one attached hydrogen (secondary N) is 1. The summed E-state index contributed by atoms with van der Waals surface area (Å²) in [5.74, 6) is 0.650. The summed E-state index contributed by atoms with van der Waals surface area (Å²) in [6.45, 7) is 5.46. The highest BCUT2D eigenvalue weighted by molar-refractivity contribution is 6.32. The van der Waals surface area contributed by atoms with Crippen LogP contribution in [0.1, 0.15) is 31.0 Å². The van der Waals surface area contributed by atoms with E-state index in [0.717, 1.165) is 17.7 Å². The average Bonchev–Trinajstić information content (AvgIpc) is 2.47. The van der Waals surface area contributed by atoms with Crippen molar-refractivity contribution in [3.05, 3.63) is 57.8 Å². The molecule has 0 aliphatic carbocycles. The molecule has 2 aromatic rings. The first-order chi connectivity index (χ1) is 10.1. The minimum atomic E-state index is 0.260. The number of rotatable bonds is 6. The Morgan fingerprint density at radius 2 is 2.05 bits per heavy atom. The van der Waals surface area contributed by atoms with Crippen molar-refractivity contribution in [2.75, 3.05) is 6.54 Å². The highest BCUT2D eigenvalue weighted by atomic mass is 35.5. The second-order valence-electron chi connectivity index (χ2n) is 4.72. The van der Waals surface area contributed by atoms with E-state index in [1.807, 2.05) is 24.3 Å². The molecule has 0 saturated carbocycles. The Kier molecular flexibility index (Phi) is 5.85. The number of nitrogens with zero attached hydrogens (tertiary/aromatic N) is 1. The Morgan fingerprint density at radius 1 is 1.24 bits per heavy atom. The van der Waals surface area contributed by atoms with Crippen LogP contribution in [0.25, 0.3) is 0 Å². The maximum atomic E-state index is 6.28. The van der Waals surface area contributed by atoms with E-state index in [0.29, 0.717) is 22.4 Å². The molecule has 1 N–H and O–H groups in total. The van der Waals surface area contributed by atoms with Crippen molar-refractivity contribution in [3.63, 3.8) is 0 Å². The Labute approximate surface area is 135 Å². The smallest absolute Gasteiger partial charge is 0.138 e. The van der Waals surface area contributed by atoms with E-state index in [1.54, 1.807) is 12.4 Å².